The number of hydrogen-bond acceptors (Lipinski definition) is 1. The summed E-state index contributed by atoms with van der Waals surface area (Å²) in [5.41, 5.74) is 2.57. The van der Waals surface area contributed by atoms with E-state index in [1.807, 2.05) is 12.1 Å². The van der Waals surface area contributed by atoms with E-state index in [0.717, 1.165) is 23.8 Å². The zero-order valence-electron chi connectivity index (χ0n) is 7.93. The molecule has 0 spiro atoms. The van der Waals surface area contributed by atoms with Crippen molar-refractivity contribution in [1.29, 1.82) is 0 Å². The summed E-state index contributed by atoms with van der Waals surface area (Å²) < 4.78 is 5.49. The fourth-order valence-electron chi connectivity index (χ4n) is 1.90. The van der Waals surface area contributed by atoms with Crippen molar-refractivity contribution in [3.8, 4) is 5.75 Å². The molecule has 0 amide bonds. The van der Waals surface area contributed by atoms with Crippen LogP contribution in [-0.2, 0) is 6.42 Å². The topological polar surface area (TPSA) is 9.23 Å². The summed E-state index contributed by atoms with van der Waals surface area (Å²) in [5, 5.41) is 0.874. The maximum absolute atomic E-state index is 6.15. The summed E-state index contributed by atoms with van der Waals surface area (Å²) in [4.78, 5) is 0. The Kier molecular flexibility index (Phi) is 2.20. The molecule has 0 saturated carbocycles. The molecule has 0 radical (unpaired) electrons. The molecule has 1 aliphatic heterocycles. The highest BCUT2D eigenvalue weighted by Gasteiger charge is 2.19. The molecule has 0 unspecified atom stereocenters. The molecule has 0 aromatic heterocycles. The summed E-state index contributed by atoms with van der Waals surface area (Å²) in [5.74, 6) is 1.50. The molecule has 2 rings (SSSR count). The van der Waals surface area contributed by atoms with Crippen molar-refractivity contribution >= 4 is 11.6 Å². The first-order chi connectivity index (χ1) is 6.20. The minimum Gasteiger partial charge on any atom is -0.493 e. The van der Waals surface area contributed by atoms with Gasteiger partial charge in [-0.1, -0.05) is 25.4 Å². The Morgan fingerprint density at radius 3 is 2.85 bits per heavy atom. The van der Waals surface area contributed by atoms with Gasteiger partial charge in [0.25, 0.3) is 0 Å². The normalized spacial score (nSPS) is 14.5. The van der Waals surface area contributed by atoms with Crippen molar-refractivity contribution in [3.05, 3.63) is 28.3 Å². The SMILES string of the molecule is CC(C)c1c(Cl)ccc2c1CCO2. The molecule has 13 heavy (non-hydrogen) atoms. The van der Waals surface area contributed by atoms with E-state index >= 15 is 0 Å². The van der Waals surface area contributed by atoms with Crippen molar-refractivity contribution < 1.29 is 4.74 Å². The van der Waals surface area contributed by atoms with Gasteiger partial charge >= 0.3 is 0 Å². The summed E-state index contributed by atoms with van der Waals surface area (Å²) in [6.45, 7) is 5.13. The molecule has 0 saturated heterocycles. The highest BCUT2D eigenvalue weighted by Crippen LogP contribution is 2.36. The van der Waals surface area contributed by atoms with Crippen LogP contribution in [-0.4, -0.2) is 6.61 Å². The largest absolute Gasteiger partial charge is 0.493 e. The number of hydrogen-bond donors (Lipinski definition) is 0. The van der Waals surface area contributed by atoms with Crippen LogP contribution < -0.4 is 4.74 Å². The van der Waals surface area contributed by atoms with Crippen LogP contribution >= 0.6 is 11.6 Å². The second kappa shape index (κ2) is 3.22. The van der Waals surface area contributed by atoms with Gasteiger partial charge in [-0.2, -0.15) is 0 Å². The standard InChI is InChI=1S/C11H13ClO/c1-7(2)11-8-5-6-13-10(8)4-3-9(11)12/h3-4,7H,5-6H2,1-2H3. The van der Waals surface area contributed by atoms with E-state index in [1.54, 1.807) is 0 Å². The third-order valence-electron chi connectivity index (χ3n) is 2.45. The lowest BCUT2D eigenvalue weighted by molar-refractivity contribution is 0.357. The van der Waals surface area contributed by atoms with Gasteiger partial charge in [-0.05, 0) is 23.6 Å². The van der Waals surface area contributed by atoms with Gasteiger partial charge in [0.1, 0.15) is 5.75 Å². The Hall–Kier alpha value is -0.690. The maximum atomic E-state index is 6.15. The van der Waals surface area contributed by atoms with Gasteiger partial charge in [-0.15, -0.1) is 0 Å². The molecular formula is C11H13ClO. The smallest absolute Gasteiger partial charge is 0.123 e. The van der Waals surface area contributed by atoms with Crippen LogP contribution in [0.2, 0.25) is 5.02 Å². The van der Waals surface area contributed by atoms with Crippen molar-refractivity contribution in [2.75, 3.05) is 6.61 Å². The first-order valence-electron chi connectivity index (χ1n) is 4.64. The van der Waals surface area contributed by atoms with E-state index in [-0.39, 0.29) is 0 Å². The predicted molar refractivity (Wildman–Crippen MR) is 54.7 cm³/mol. The number of fused-ring (bicyclic) bond motifs is 1. The van der Waals surface area contributed by atoms with Gasteiger partial charge in [0.15, 0.2) is 0 Å². The molecule has 0 N–H and O–H groups in total. The number of ether oxygens (including phenoxy) is 1. The van der Waals surface area contributed by atoms with Gasteiger partial charge in [0.2, 0.25) is 0 Å². The number of rotatable bonds is 1. The van der Waals surface area contributed by atoms with Crippen LogP contribution in [0.3, 0.4) is 0 Å². The highest BCUT2D eigenvalue weighted by atomic mass is 35.5. The molecular weight excluding hydrogens is 184 g/mol. The second-order valence-corrected chi connectivity index (χ2v) is 4.10. The van der Waals surface area contributed by atoms with E-state index in [9.17, 15) is 0 Å². The van der Waals surface area contributed by atoms with Crippen LogP contribution in [0.5, 0.6) is 5.75 Å². The molecule has 0 fully saturated rings. The maximum Gasteiger partial charge on any atom is 0.123 e. The summed E-state index contributed by atoms with van der Waals surface area (Å²) in [7, 11) is 0. The Morgan fingerprint density at radius 1 is 1.38 bits per heavy atom. The molecule has 1 heterocycles. The molecule has 1 aromatic carbocycles. The second-order valence-electron chi connectivity index (χ2n) is 3.69. The first-order valence-corrected chi connectivity index (χ1v) is 5.02. The Balaban J connectivity index is 2.58. The molecule has 0 bridgehead atoms. The third kappa shape index (κ3) is 1.42. The van der Waals surface area contributed by atoms with Crippen molar-refractivity contribution in [1.82, 2.24) is 0 Å². The molecule has 0 atom stereocenters. The minimum absolute atomic E-state index is 0.476. The average molecular weight is 197 g/mol. The number of benzene rings is 1. The Bertz CT molecular complexity index is 331. The van der Waals surface area contributed by atoms with Crippen molar-refractivity contribution in [2.45, 2.75) is 26.2 Å². The lowest BCUT2D eigenvalue weighted by Gasteiger charge is -2.12. The lowest BCUT2D eigenvalue weighted by Crippen LogP contribution is -1.94. The van der Waals surface area contributed by atoms with Crippen LogP contribution in [0.4, 0.5) is 0 Å². The van der Waals surface area contributed by atoms with Gasteiger partial charge < -0.3 is 4.74 Å². The van der Waals surface area contributed by atoms with Crippen LogP contribution in [0, 0.1) is 0 Å². The van der Waals surface area contributed by atoms with E-state index in [4.69, 9.17) is 16.3 Å². The zero-order chi connectivity index (χ0) is 9.42. The van der Waals surface area contributed by atoms with E-state index in [1.165, 1.54) is 11.1 Å². The van der Waals surface area contributed by atoms with Crippen molar-refractivity contribution in [3.63, 3.8) is 0 Å². The van der Waals surface area contributed by atoms with Crippen LogP contribution in [0.1, 0.15) is 30.9 Å². The van der Waals surface area contributed by atoms with Gasteiger partial charge in [-0.3, -0.25) is 0 Å². The van der Waals surface area contributed by atoms with Gasteiger partial charge in [-0.25, -0.2) is 0 Å². The Morgan fingerprint density at radius 2 is 2.15 bits per heavy atom. The molecule has 2 heteroatoms. The predicted octanol–water partition coefficient (Wildman–Crippen LogP) is 3.40. The van der Waals surface area contributed by atoms with Crippen LogP contribution in [0.15, 0.2) is 12.1 Å². The van der Waals surface area contributed by atoms with Crippen molar-refractivity contribution in [2.24, 2.45) is 0 Å². The van der Waals surface area contributed by atoms with Gasteiger partial charge in [0, 0.05) is 17.0 Å². The minimum atomic E-state index is 0.476. The fourth-order valence-corrected chi connectivity index (χ4v) is 2.29. The Labute approximate surface area is 83.7 Å². The van der Waals surface area contributed by atoms with Crippen LogP contribution in [0.25, 0.3) is 0 Å². The highest BCUT2D eigenvalue weighted by molar-refractivity contribution is 6.31. The summed E-state index contributed by atoms with van der Waals surface area (Å²) >= 11 is 6.15. The molecule has 1 aliphatic rings. The number of halogens is 1. The molecule has 70 valence electrons. The molecule has 0 aliphatic carbocycles. The monoisotopic (exact) mass is 196 g/mol. The summed E-state index contributed by atoms with van der Waals surface area (Å²) in [6.07, 6.45) is 1.00. The lowest BCUT2D eigenvalue weighted by atomic mass is 9.95. The molecule has 1 aromatic rings. The zero-order valence-corrected chi connectivity index (χ0v) is 8.69. The quantitative estimate of drug-likeness (QED) is 0.669. The average Bonchev–Trinajstić information content (AvgIpc) is 2.50. The first kappa shape index (κ1) is 8.89. The van der Waals surface area contributed by atoms with E-state index < -0.39 is 0 Å². The fraction of sp³-hybridized carbons (Fsp3) is 0.455. The third-order valence-corrected chi connectivity index (χ3v) is 2.78. The van der Waals surface area contributed by atoms with E-state index in [2.05, 4.69) is 13.8 Å². The van der Waals surface area contributed by atoms with E-state index in [0.29, 0.717) is 5.92 Å². The molecule has 1 nitrogen and oxygen atoms in total. The van der Waals surface area contributed by atoms with Gasteiger partial charge in [0.05, 0.1) is 6.61 Å². The summed E-state index contributed by atoms with van der Waals surface area (Å²) in [6, 6.07) is 3.90.